The van der Waals surface area contributed by atoms with Gasteiger partial charge in [-0.3, -0.25) is 10.1 Å². The monoisotopic (exact) mass is 185 g/mol. The Morgan fingerprint density at radius 3 is 2.83 bits per heavy atom. The molecular weight excluding hydrogens is 174 g/mol. The third-order valence-corrected chi connectivity index (χ3v) is 2.70. The summed E-state index contributed by atoms with van der Waals surface area (Å²) < 4.78 is 0. The lowest BCUT2D eigenvalue weighted by atomic mass is 10.2. The topological polar surface area (TPSA) is 43.1 Å². The molecule has 3 nitrogen and oxygen atoms in total. The summed E-state index contributed by atoms with van der Waals surface area (Å²) in [6, 6.07) is 3.42. The standard InChI is InChI=1S/C8H11NO2S/c1-2-3-4-7-5-6-8(12-7)9(10)11/h5-6H,2-4H2,1H3. The predicted molar refractivity (Wildman–Crippen MR) is 49.6 cm³/mol. The molecule has 0 saturated carbocycles. The fraction of sp³-hybridized carbons (Fsp3) is 0.500. The van der Waals surface area contributed by atoms with Crippen LogP contribution in [0.2, 0.25) is 0 Å². The molecule has 0 N–H and O–H groups in total. The van der Waals surface area contributed by atoms with Crippen molar-refractivity contribution in [2.45, 2.75) is 26.2 Å². The molecule has 1 rings (SSSR count). The smallest absolute Gasteiger partial charge is 0.258 e. The molecule has 0 bridgehead atoms. The maximum Gasteiger partial charge on any atom is 0.324 e. The first-order valence-electron chi connectivity index (χ1n) is 3.97. The summed E-state index contributed by atoms with van der Waals surface area (Å²) >= 11 is 1.28. The Kier molecular flexibility index (Phi) is 3.22. The Morgan fingerprint density at radius 2 is 2.33 bits per heavy atom. The van der Waals surface area contributed by atoms with Crippen LogP contribution in [0.3, 0.4) is 0 Å². The van der Waals surface area contributed by atoms with E-state index in [0.29, 0.717) is 0 Å². The summed E-state index contributed by atoms with van der Waals surface area (Å²) in [5.41, 5.74) is 0. The maximum atomic E-state index is 10.3. The summed E-state index contributed by atoms with van der Waals surface area (Å²) in [5, 5.41) is 10.6. The molecule has 0 amide bonds. The Morgan fingerprint density at radius 1 is 1.58 bits per heavy atom. The van der Waals surface area contributed by atoms with Crippen molar-refractivity contribution in [3.63, 3.8) is 0 Å². The average Bonchev–Trinajstić information content (AvgIpc) is 2.48. The van der Waals surface area contributed by atoms with Crippen molar-refractivity contribution in [1.82, 2.24) is 0 Å². The van der Waals surface area contributed by atoms with Gasteiger partial charge >= 0.3 is 5.00 Å². The number of hydrogen-bond acceptors (Lipinski definition) is 3. The van der Waals surface area contributed by atoms with Gasteiger partial charge in [-0.1, -0.05) is 24.7 Å². The molecule has 0 aliphatic carbocycles. The van der Waals surface area contributed by atoms with Gasteiger partial charge in [-0.15, -0.1) is 0 Å². The van der Waals surface area contributed by atoms with Crippen LogP contribution in [-0.4, -0.2) is 4.92 Å². The molecule has 0 fully saturated rings. The van der Waals surface area contributed by atoms with Crippen molar-refractivity contribution in [1.29, 1.82) is 0 Å². The molecular formula is C8H11NO2S. The van der Waals surface area contributed by atoms with Crippen LogP contribution < -0.4 is 0 Å². The van der Waals surface area contributed by atoms with Crippen molar-refractivity contribution in [2.75, 3.05) is 0 Å². The van der Waals surface area contributed by atoms with E-state index in [4.69, 9.17) is 0 Å². The van der Waals surface area contributed by atoms with Crippen molar-refractivity contribution in [3.05, 3.63) is 27.1 Å². The Bertz CT molecular complexity index is 270. The zero-order valence-electron chi connectivity index (χ0n) is 6.95. The minimum Gasteiger partial charge on any atom is -0.258 e. The maximum absolute atomic E-state index is 10.3. The van der Waals surface area contributed by atoms with Gasteiger partial charge in [-0.05, 0) is 18.9 Å². The quantitative estimate of drug-likeness (QED) is 0.534. The highest BCUT2D eigenvalue weighted by molar-refractivity contribution is 7.15. The second-order valence-corrected chi connectivity index (χ2v) is 3.75. The number of nitrogens with zero attached hydrogens (tertiary/aromatic N) is 1. The third kappa shape index (κ3) is 2.30. The van der Waals surface area contributed by atoms with Crippen molar-refractivity contribution in [3.8, 4) is 0 Å². The second kappa shape index (κ2) is 4.21. The highest BCUT2D eigenvalue weighted by Gasteiger charge is 2.08. The van der Waals surface area contributed by atoms with E-state index in [1.165, 1.54) is 11.3 Å². The van der Waals surface area contributed by atoms with E-state index in [1.54, 1.807) is 6.07 Å². The highest BCUT2D eigenvalue weighted by Crippen LogP contribution is 2.24. The molecule has 4 heteroatoms. The molecule has 1 aromatic heterocycles. The molecule has 0 spiro atoms. The van der Waals surface area contributed by atoms with E-state index in [2.05, 4.69) is 6.92 Å². The van der Waals surface area contributed by atoms with Crippen molar-refractivity contribution < 1.29 is 4.92 Å². The van der Waals surface area contributed by atoms with Gasteiger partial charge in [0.15, 0.2) is 0 Å². The van der Waals surface area contributed by atoms with Gasteiger partial charge in [0.2, 0.25) is 0 Å². The lowest BCUT2D eigenvalue weighted by molar-refractivity contribution is -0.380. The van der Waals surface area contributed by atoms with Crippen LogP contribution in [0.25, 0.3) is 0 Å². The molecule has 0 saturated heterocycles. The molecule has 0 unspecified atom stereocenters. The van der Waals surface area contributed by atoms with E-state index in [0.717, 1.165) is 24.1 Å². The van der Waals surface area contributed by atoms with Crippen LogP contribution in [0.15, 0.2) is 12.1 Å². The van der Waals surface area contributed by atoms with E-state index in [1.807, 2.05) is 6.07 Å². The normalized spacial score (nSPS) is 10.1. The van der Waals surface area contributed by atoms with E-state index >= 15 is 0 Å². The number of rotatable bonds is 4. The molecule has 0 aromatic carbocycles. The molecule has 0 radical (unpaired) electrons. The first-order valence-corrected chi connectivity index (χ1v) is 4.78. The molecule has 12 heavy (non-hydrogen) atoms. The van der Waals surface area contributed by atoms with E-state index < -0.39 is 0 Å². The fourth-order valence-corrected chi connectivity index (χ4v) is 1.81. The summed E-state index contributed by atoms with van der Waals surface area (Å²) in [4.78, 5) is 11.1. The molecule has 0 atom stereocenters. The number of aryl methyl sites for hydroxylation is 1. The SMILES string of the molecule is CCCCc1ccc([N+](=O)[O-])s1. The fourth-order valence-electron chi connectivity index (χ4n) is 0.950. The first kappa shape index (κ1) is 9.19. The lowest BCUT2D eigenvalue weighted by Gasteiger charge is -1.90. The van der Waals surface area contributed by atoms with E-state index in [-0.39, 0.29) is 9.92 Å². The van der Waals surface area contributed by atoms with Crippen LogP contribution in [0.5, 0.6) is 0 Å². The molecule has 0 aliphatic rings. The van der Waals surface area contributed by atoms with Crippen LogP contribution in [-0.2, 0) is 6.42 Å². The summed E-state index contributed by atoms with van der Waals surface area (Å²) in [5.74, 6) is 0. The van der Waals surface area contributed by atoms with Crippen LogP contribution >= 0.6 is 11.3 Å². The Balaban J connectivity index is 2.58. The summed E-state index contributed by atoms with van der Waals surface area (Å²) in [7, 11) is 0. The number of hydrogen-bond donors (Lipinski definition) is 0. The number of nitro groups is 1. The molecule has 1 heterocycles. The molecule has 1 aromatic rings. The minimum atomic E-state index is -0.333. The van der Waals surface area contributed by atoms with Gasteiger partial charge in [-0.25, -0.2) is 0 Å². The Hall–Kier alpha value is -0.900. The van der Waals surface area contributed by atoms with Gasteiger partial charge in [0.25, 0.3) is 0 Å². The van der Waals surface area contributed by atoms with Crippen molar-refractivity contribution in [2.24, 2.45) is 0 Å². The Labute approximate surface area is 75.2 Å². The number of thiophene rings is 1. The van der Waals surface area contributed by atoms with Gasteiger partial charge < -0.3 is 0 Å². The van der Waals surface area contributed by atoms with Crippen LogP contribution in [0.4, 0.5) is 5.00 Å². The summed E-state index contributed by atoms with van der Waals surface area (Å²) in [6.07, 6.45) is 3.21. The average molecular weight is 185 g/mol. The number of unbranched alkanes of at least 4 members (excludes halogenated alkanes) is 1. The zero-order chi connectivity index (χ0) is 8.97. The highest BCUT2D eigenvalue weighted by atomic mass is 32.1. The largest absolute Gasteiger partial charge is 0.324 e. The van der Waals surface area contributed by atoms with Gasteiger partial charge in [-0.2, -0.15) is 0 Å². The summed E-state index contributed by atoms with van der Waals surface area (Å²) in [6.45, 7) is 2.11. The zero-order valence-corrected chi connectivity index (χ0v) is 7.76. The van der Waals surface area contributed by atoms with Gasteiger partial charge in [0.05, 0.1) is 4.92 Å². The van der Waals surface area contributed by atoms with Crippen LogP contribution in [0.1, 0.15) is 24.6 Å². The third-order valence-electron chi connectivity index (χ3n) is 1.60. The van der Waals surface area contributed by atoms with E-state index in [9.17, 15) is 10.1 Å². The predicted octanol–water partition coefficient (Wildman–Crippen LogP) is 3.00. The van der Waals surface area contributed by atoms with Gasteiger partial charge in [0.1, 0.15) is 0 Å². The van der Waals surface area contributed by atoms with Crippen LogP contribution in [0, 0.1) is 10.1 Å². The van der Waals surface area contributed by atoms with Gasteiger partial charge in [0, 0.05) is 10.9 Å². The minimum absolute atomic E-state index is 0.251. The lowest BCUT2D eigenvalue weighted by Crippen LogP contribution is -1.81. The molecule has 0 aliphatic heterocycles. The molecule has 66 valence electrons. The first-order chi connectivity index (χ1) is 5.74. The van der Waals surface area contributed by atoms with Crippen molar-refractivity contribution >= 4 is 16.3 Å². The second-order valence-electron chi connectivity index (χ2n) is 2.60.